The van der Waals surface area contributed by atoms with Gasteiger partial charge in [0, 0.05) is 4.90 Å². The molecular formula is C15H13ClO2S. The van der Waals surface area contributed by atoms with Gasteiger partial charge >= 0.3 is 5.97 Å². The molecule has 0 aromatic heterocycles. The molecule has 0 aliphatic carbocycles. The van der Waals surface area contributed by atoms with E-state index in [1.807, 2.05) is 30.5 Å². The van der Waals surface area contributed by atoms with E-state index in [1.54, 1.807) is 23.9 Å². The van der Waals surface area contributed by atoms with E-state index in [0.29, 0.717) is 5.56 Å². The molecule has 0 fully saturated rings. The number of aliphatic carboxylic acids is 1. The van der Waals surface area contributed by atoms with Gasteiger partial charge in [0.15, 0.2) is 5.38 Å². The summed E-state index contributed by atoms with van der Waals surface area (Å²) in [4.78, 5) is 12.0. The second-order valence-electron chi connectivity index (χ2n) is 4.02. The van der Waals surface area contributed by atoms with Gasteiger partial charge < -0.3 is 5.11 Å². The summed E-state index contributed by atoms with van der Waals surface area (Å²) in [5.41, 5.74) is 2.80. The van der Waals surface area contributed by atoms with Gasteiger partial charge in [-0.3, -0.25) is 4.79 Å². The van der Waals surface area contributed by atoms with Gasteiger partial charge in [-0.25, -0.2) is 0 Å². The van der Waals surface area contributed by atoms with Crippen LogP contribution in [0.2, 0.25) is 0 Å². The molecule has 1 unspecified atom stereocenters. The smallest absolute Gasteiger partial charge is 0.326 e. The van der Waals surface area contributed by atoms with Crippen molar-refractivity contribution in [2.75, 3.05) is 6.26 Å². The third-order valence-electron chi connectivity index (χ3n) is 2.84. The van der Waals surface area contributed by atoms with Crippen LogP contribution in [-0.2, 0) is 4.79 Å². The van der Waals surface area contributed by atoms with Gasteiger partial charge in [0.25, 0.3) is 0 Å². The summed E-state index contributed by atoms with van der Waals surface area (Å²) in [6.07, 6.45) is 2.03. The van der Waals surface area contributed by atoms with E-state index in [9.17, 15) is 4.79 Å². The van der Waals surface area contributed by atoms with Crippen molar-refractivity contribution in [2.24, 2.45) is 0 Å². The Morgan fingerprint density at radius 3 is 2.37 bits per heavy atom. The lowest BCUT2D eigenvalue weighted by Crippen LogP contribution is -2.04. The SMILES string of the molecule is CSc1ccccc1-c1ccc(C(Cl)C(=O)O)cc1. The number of rotatable bonds is 4. The number of carboxylic acids is 1. The molecule has 0 spiro atoms. The van der Waals surface area contributed by atoms with Gasteiger partial charge in [0.2, 0.25) is 0 Å². The predicted molar refractivity (Wildman–Crippen MR) is 79.9 cm³/mol. The first-order chi connectivity index (χ1) is 9.13. The number of carboxylic acid groups (broad SMARTS) is 1. The fourth-order valence-corrected chi connectivity index (χ4v) is 2.62. The standard InChI is InChI=1S/C15H13ClO2S/c1-19-13-5-3-2-4-12(13)10-6-8-11(9-7-10)14(16)15(17)18/h2-9,14H,1H3,(H,17,18). The third kappa shape index (κ3) is 3.11. The maximum absolute atomic E-state index is 10.8. The Kier molecular flexibility index (Phi) is 4.51. The molecule has 2 aromatic carbocycles. The highest BCUT2D eigenvalue weighted by Gasteiger charge is 2.16. The number of hydrogen-bond donors (Lipinski definition) is 1. The molecule has 0 aliphatic heterocycles. The molecule has 2 rings (SSSR count). The highest BCUT2D eigenvalue weighted by atomic mass is 35.5. The average molecular weight is 293 g/mol. The van der Waals surface area contributed by atoms with Crippen LogP contribution in [0.4, 0.5) is 0 Å². The Balaban J connectivity index is 2.35. The molecule has 0 saturated carbocycles. The van der Waals surface area contributed by atoms with Crippen molar-refractivity contribution in [1.82, 2.24) is 0 Å². The average Bonchev–Trinajstić information content (AvgIpc) is 2.46. The summed E-state index contributed by atoms with van der Waals surface area (Å²) in [6.45, 7) is 0. The fourth-order valence-electron chi connectivity index (χ4n) is 1.86. The van der Waals surface area contributed by atoms with E-state index in [2.05, 4.69) is 12.1 Å². The normalized spacial score (nSPS) is 12.1. The number of thioether (sulfide) groups is 1. The van der Waals surface area contributed by atoms with Crippen LogP contribution in [0.1, 0.15) is 10.9 Å². The van der Waals surface area contributed by atoms with Gasteiger partial charge in [0.05, 0.1) is 0 Å². The fraction of sp³-hybridized carbons (Fsp3) is 0.133. The van der Waals surface area contributed by atoms with Crippen molar-refractivity contribution in [3.63, 3.8) is 0 Å². The minimum Gasteiger partial charge on any atom is -0.480 e. The van der Waals surface area contributed by atoms with Crippen molar-refractivity contribution in [3.8, 4) is 11.1 Å². The van der Waals surface area contributed by atoms with Crippen LogP contribution in [0.15, 0.2) is 53.4 Å². The van der Waals surface area contributed by atoms with Crippen LogP contribution in [0.5, 0.6) is 0 Å². The van der Waals surface area contributed by atoms with Crippen molar-refractivity contribution >= 4 is 29.3 Å². The maximum Gasteiger partial charge on any atom is 0.326 e. The van der Waals surface area contributed by atoms with E-state index >= 15 is 0 Å². The number of alkyl halides is 1. The molecule has 2 nitrogen and oxygen atoms in total. The first-order valence-corrected chi connectivity index (χ1v) is 7.40. The molecule has 0 radical (unpaired) electrons. The minimum atomic E-state index is -1.03. The molecule has 98 valence electrons. The first-order valence-electron chi connectivity index (χ1n) is 5.73. The molecule has 0 saturated heterocycles. The minimum absolute atomic E-state index is 0.597. The Labute approximate surface area is 121 Å². The summed E-state index contributed by atoms with van der Waals surface area (Å²) in [6, 6.07) is 15.4. The Morgan fingerprint density at radius 2 is 1.79 bits per heavy atom. The first kappa shape index (κ1) is 14.0. The van der Waals surface area contributed by atoms with Gasteiger partial charge in [-0.1, -0.05) is 42.5 Å². The zero-order chi connectivity index (χ0) is 13.8. The summed E-state index contributed by atoms with van der Waals surface area (Å²) in [7, 11) is 0. The topological polar surface area (TPSA) is 37.3 Å². The summed E-state index contributed by atoms with van der Waals surface area (Å²) < 4.78 is 0. The molecule has 1 N–H and O–H groups in total. The zero-order valence-corrected chi connectivity index (χ0v) is 11.9. The van der Waals surface area contributed by atoms with Crippen molar-refractivity contribution in [2.45, 2.75) is 10.3 Å². The lowest BCUT2D eigenvalue weighted by molar-refractivity contribution is -0.136. The number of hydrogen-bond acceptors (Lipinski definition) is 2. The largest absolute Gasteiger partial charge is 0.480 e. The predicted octanol–water partition coefficient (Wildman–Crippen LogP) is 4.44. The zero-order valence-electron chi connectivity index (χ0n) is 10.3. The summed E-state index contributed by atoms with van der Waals surface area (Å²) >= 11 is 7.48. The van der Waals surface area contributed by atoms with E-state index in [1.165, 1.54) is 4.90 Å². The van der Waals surface area contributed by atoms with Crippen LogP contribution in [0, 0.1) is 0 Å². The third-order valence-corrected chi connectivity index (χ3v) is 4.07. The van der Waals surface area contributed by atoms with Crippen LogP contribution < -0.4 is 0 Å². The van der Waals surface area contributed by atoms with Crippen molar-refractivity contribution in [1.29, 1.82) is 0 Å². The number of halogens is 1. The molecule has 0 aliphatic rings. The maximum atomic E-state index is 10.8. The lowest BCUT2D eigenvalue weighted by Gasteiger charge is -2.09. The molecule has 4 heteroatoms. The second kappa shape index (κ2) is 6.13. The summed E-state index contributed by atoms with van der Waals surface area (Å²) in [5.74, 6) is -1.03. The van der Waals surface area contributed by atoms with Gasteiger partial charge in [-0.15, -0.1) is 23.4 Å². The van der Waals surface area contributed by atoms with Crippen LogP contribution >= 0.6 is 23.4 Å². The lowest BCUT2D eigenvalue weighted by atomic mass is 10.0. The number of carbonyl (C=O) groups is 1. The Hall–Kier alpha value is -1.45. The molecule has 0 bridgehead atoms. The quantitative estimate of drug-likeness (QED) is 0.668. The molecule has 0 amide bonds. The molecule has 19 heavy (non-hydrogen) atoms. The Bertz CT molecular complexity index is 581. The monoisotopic (exact) mass is 292 g/mol. The molecule has 1 atom stereocenters. The van der Waals surface area contributed by atoms with Crippen LogP contribution in [-0.4, -0.2) is 17.3 Å². The van der Waals surface area contributed by atoms with Crippen LogP contribution in [0.25, 0.3) is 11.1 Å². The molecular weight excluding hydrogens is 280 g/mol. The van der Waals surface area contributed by atoms with Gasteiger partial charge in [-0.2, -0.15) is 0 Å². The van der Waals surface area contributed by atoms with Crippen molar-refractivity contribution in [3.05, 3.63) is 54.1 Å². The van der Waals surface area contributed by atoms with Crippen molar-refractivity contribution < 1.29 is 9.90 Å². The van der Waals surface area contributed by atoms with Gasteiger partial charge in [-0.05, 0) is 29.0 Å². The van der Waals surface area contributed by atoms with E-state index in [-0.39, 0.29) is 0 Å². The molecule has 2 aromatic rings. The highest BCUT2D eigenvalue weighted by molar-refractivity contribution is 7.98. The van der Waals surface area contributed by atoms with E-state index in [4.69, 9.17) is 16.7 Å². The van der Waals surface area contributed by atoms with E-state index in [0.717, 1.165) is 11.1 Å². The second-order valence-corrected chi connectivity index (χ2v) is 5.31. The van der Waals surface area contributed by atoms with Gasteiger partial charge in [0.1, 0.15) is 0 Å². The van der Waals surface area contributed by atoms with E-state index < -0.39 is 11.3 Å². The Morgan fingerprint density at radius 1 is 1.16 bits per heavy atom. The summed E-state index contributed by atoms with van der Waals surface area (Å²) in [5, 5.41) is 7.87. The highest BCUT2D eigenvalue weighted by Crippen LogP contribution is 2.31. The van der Waals surface area contributed by atoms with Crippen LogP contribution in [0.3, 0.4) is 0 Å². The molecule has 0 heterocycles. The number of benzene rings is 2.